The predicted molar refractivity (Wildman–Crippen MR) is 288 cm³/mol. The number of carbonyl (C=O) groups is 2. The fourth-order valence-corrected chi connectivity index (χ4v) is 11.6. The highest BCUT2D eigenvalue weighted by atomic mass is 35.5. The Bertz CT molecular complexity index is 3410. The number of likely N-dealkylation sites (tertiary alicyclic amines) is 1. The van der Waals surface area contributed by atoms with Crippen LogP contribution in [-0.4, -0.2) is 54.1 Å². The number of hydrogen-bond acceptors (Lipinski definition) is 12. The van der Waals surface area contributed by atoms with Crippen LogP contribution in [0.1, 0.15) is 145 Å². The minimum atomic E-state index is -4.97. The summed E-state index contributed by atoms with van der Waals surface area (Å²) in [5.74, 6) is -0.0744. The van der Waals surface area contributed by atoms with Crippen molar-refractivity contribution in [3.05, 3.63) is 186 Å². The molecule has 0 bridgehead atoms. The van der Waals surface area contributed by atoms with E-state index in [-0.39, 0.29) is 77.8 Å². The maximum absolute atomic E-state index is 13.5. The van der Waals surface area contributed by atoms with Gasteiger partial charge in [-0.15, -0.1) is 11.6 Å². The molecule has 4 aliphatic rings. The number of halogens is 13. The molecule has 10 rings (SSSR count). The fraction of sp³-hybridized carbons (Fsp3) is 0.467. The van der Waals surface area contributed by atoms with Crippen molar-refractivity contribution >= 4 is 23.4 Å². The van der Waals surface area contributed by atoms with E-state index in [4.69, 9.17) is 29.9 Å². The van der Waals surface area contributed by atoms with Crippen LogP contribution in [0.25, 0.3) is 0 Å². The number of aryl methyl sites for hydroxylation is 2. The van der Waals surface area contributed by atoms with Gasteiger partial charge in [-0.3, -0.25) is 9.59 Å². The van der Waals surface area contributed by atoms with Crippen LogP contribution < -0.4 is 27.6 Å². The zero-order valence-electron chi connectivity index (χ0n) is 47.2. The van der Waals surface area contributed by atoms with E-state index in [0.717, 1.165) is 11.1 Å². The average Bonchev–Trinajstić information content (AvgIpc) is 1.98. The number of rotatable bonds is 13. The van der Waals surface area contributed by atoms with Crippen LogP contribution >= 0.6 is 11.6 Å². The van der Waals surface area contributed by atoms with Gasteiger partial charge in [0.2, 0.25) is 11.8 Å². The molecule has 0 radical (unpaired) electrons. The highest BCUT2D eigenvalue weighted by Gasteiger charge is 2.52. The molecule has 6 heterocycles. The number of piperidine rings is 2. The van der Waals surface area contributed by atoms with Crippen molar-refractivity contribution in [3.63, 3.8) is 0 Å². The molecule has 2 aromatic heterocycles. The van der Waals surface area contributed by atoms with Crippen molar-refractivity contribution in [1.29, 1.82) is 0 Å². The fourth-order valence-electron chi connectivity index (χ4n) is 11.3. The molecule has 3 N–H and O–H groups in total. The Labute approximate surface area is 494 Å². The lowest BCUT2D eigenvalue weighted by molar-refractivity contribution is -0.145. The second-order valence-electron chi connectivity index (χ2n) is 22.2. The maximum Gasteiger partial charge on any atom is 0.519 e. The normalized spacial score (nSPS) is 23.3. The van der Waals surface area contributed by atoms with Crippen molar-refractivity contribution < 1.29 is 89.4 Å². The van der Waals surface area contributed by atoms with E-state index < -0.39 is 87.4 Å². The third-order valence-electron chi connectivity index (χ3n) is 16.5. The SMILES string of the molecule is C[C@@H](OC[C@@]1(c2ccccc2)CC[C@]2(CCC(=O)N2)CN1)c1cc(C(F)(F)F)cc(C(F)(F)F)c1.Cc1oc(=O)oc1CCl.Cc1oc(=O)oc1CN1C(=O)CC[C@]12CC[C@@](CO[C@H](C)c1cc(C(F)(F)F)cc(C(F)(F)F)c1)(c1ccccc1)NC2. The number of benzene rings is 4. The molecule has 2 amide bonds. The Balaban J connectivity index is 0.000000200. The van der Waals surface area contributed by atoms with E-state index in [9.17, 15) is 71.9 Å². The lowest BCUT2D eigenvalue weighted by atomic mass is 9.75. The van der Waals surface area contributed by atoms with Gasteiger partial charge in [-0.05, 0) is 125 Å². The summed E-state index contributed by atoms with van der Waals surface area (Å²) in [6.45, 7) is 6.89. The second-order valence-corrected chi connectivity index (χ2v) is 22.5. The summed E-state index contributed by atoms with van der Waals surface area (Å²) in [6.07, 6.45) is -17.7. The van der Waals surface area contributed by atoms with Gasteiger partial charge in [0.15, 0.2) is 11.5 Å². The molecular weight excluding hydrogens is 1200 g/mol. The maximum atomic E-state index is 13.5. The Morgan fingerprint density at radius 2 is 0.966 bits per heavy atom. The number of carbonyl (C=O) groups excluding carboxylic acids is 2. The lowest BCUT2D eigenvalue weighted by Crippen LogP contribution is -2.62. The van der Waals surface area contributed by atoms with E-state index in [2.05, 4.69) is 24.8 Å². The van der Waals surface area contributed by atoms with Crippen LogP contribution in [0.2, 0.25) is 0 Å². The molecule has 0 aliphatic carbocycles. The van der Waals surface area contributed by atoms with Crippen molar-refractivity contribution in [2.24, 2.45) is 0 Å². The van der Waals surface area contributed by atoms with Crippen LogP contribution in [0.4, 0.5) is 52.7 Å². The third kappa shape index (κ3) is 15.5. The number of hydrogen-bond donors (Lipinski definition) is 3. The molecule has 0 unspecified atom stereocenters. The van der Waals surface area contributed by atoms with Gasteiger partial charge in [-0.25, -0.2) is 9.59 Å². The third-order valence-corrected chi connectivity index (χ3v) is 16.8. The zero-order chi connectivity index (χ0) is 63.5. The molecule has 0 saturated carbocycles. The van der Waals surface area contributed by atoms with Crippen LogP contribution in [0.15, 0.2) is 124 Å². The Morgan fingerprint density at radius 3 is 1.30 bits per heavy atom. The monoisotopic (exact) mass is 1260 g/mol. The molecule has 14 nitrogen and oxygen atoms in total. The minimum absolute atomic E-state index is 0.00565. The second kappa shape index (κ2) is 25.7. The first-order valence-corrected chi connectivity index (χ1v) is 28.0. The Hall–Kier alpha value is -6.87. The molecule has 27 heteroatoms. The van der Waals surface area contributed by atoms with Gasteiger partial charge in [0.1, 0.15) is 11.5 Å². The Morgan fingerprint density at radius 1 is 0.540 bits per heavy atom. The first-order chi connectivity index (χ1) is 40.7. The molecule has 2 spiro atoms. The molecule has 472 valence electrons. The van der Waals surface area contributed by atoms with Crippen LogP contribution in [-0.2, 0) is 67.3 Å². The van der Waals surface area contributed by atoms with Gasteiger partial charge in [-0.1, -0.05) is 60.7 Å². The molecule has 4 saturated heterocycles. The van der Waals surface area contributed by atoms with Crippen LogP contribution in [0.5, 0.6) is 0 Å². The molecule has 87 heavy (non-hydrogen) atoms. The van der Waals surface area contributed by atoms with E-state index >= 15 is 0 Å². The van der Waals surface area contributed by atoms with Gasteiger partial charge in [0, 0.05) is 25.9 Å². The molecule has 4 aliphatic heterocycles. The molecule has 6 aromatic rings. The summed E-state index contributed by atoms with van der Waals surface area (Å²) in [7, 11) is 0. The minimum Gasteiger partial charge on any atom is -0.396 e. The number of ether oxygens (including phenoxy) is 2. The topological polar surface area (TPSA) is 179 Å². The molecule has 4 aromatic carbocycles. The summed E-state index contributed by atoms with van der Waals surface area (Å²) in [6, 6.07) is 21.5. The molecular formula is C60H61ClF12N4O10. The van der Waals surface area contributed by atoms with E-state index in [1.165, 1.54) is 13.8 Å². The van der Waals surface area contributed by atoms with E-state index in [0.29, 0.717) is 100 Å². The number of amides is 2. The van der Waals surface area contributed by atoms with Crippen molar-refractivity contribution in [1.82, 2.24) is 20.9 Å². The van der Waals surface area contributed by atoms with Gasteiger partial charge < -0.3 is 48.0 Å². The first-order valence-electron chi connectivity index (χ1n) is 27.5. The van der Waals surface area contributed by atoms with Gasteiger partial charge in [-0.2, -0.15) is 52.7 Å². The molecule has 6 atom stereocenters. The average molecular weight is 1260 g/mol. The molecule has 4 fully saturated rings. The summed E-state index contributed by atoms with van der Waals surface area (Å²) in [5, 5.41) is 10.0. The van der Waals surface area contributed by atoms with Gasteiger partial charge in [0.05, 0.1) is 82.3 Å². The quantitative estimate of drug-likeness (QED) is 0.0737. The van der Waals surface area contributed by atoms with Gasteiger partial charge in [0.25, 0.3) is 0 Å². The number of nitrogens with zero attached hydrogens (tertiary/aromatic N) is 1. The number of alkyl halides is 13. The zero-order valence-corrected chi connectivity index (χ0v) is 48.0. The van der Waals surface area contributed by atoms with E-state index in [1.807, 2.05) is 60.7 Å². The smallest absolute Gasteiger partial charge is 0.396 e. The summed E-state index contributed by atoms with van der Waals surface area (Å²) < 4.78 is 191. The Kier molecular flexibility index (Phi) is 19.5. The largest absolute Gasteiger partial charge is 0.519 e. The van der Waals surface area contributed by atoms with Crippen molar-refractivity contribution in [2.75, 3.05) is 26.3 Å². The van der Waals surface area contributed by atoms with Crippen LogP contribution in [0.3, 0.4) is 0 Å². The summed E-state index contributed by atoms with van der Waals surface area (Å²) in [5.41, 5.74) is -6.79. The van der Waals surface area contributed by atoms with Crippen molar-refractivity contribution in [3.8, 4) is 0 Å². The lowest BCUT2D eigenvalue weighted by Gasteiger charge is -2.49. The predicted octanol–water partition coefficient (Wildman–Crippen LogP) is 13.5. The standard InChI is InChI=1S/C30H30F6N2O5.C25H26F6N2O2.C5H5ClO3/c1-18(20-12-22(29(31,32)33)14-23(13-20)30(34,35)36)41-17-28(21-6-4-3-5-7-21)11-10-27(16-37-28)9-8-25(39)38(27)15-24-19(2)42-26(40)43-24;1-16(17-11-19(24(26,27)28)13-20(12-17)25(29,30)31)35-15-23(18-5-3-2-4-6-18)10-9-22(14-32-23)8-7-21(34)33-22;1-3-4(2-6)9-5(7)8-3/h3-7,12-14,18,37H,8-11,15-17H2,1-2H3;2-6,11-13,16,32H,7-10,14-15H2,1H3,(H,33,34);2H2,1H3/t18-,27-,28-;16-,22-,23-;/m11./s1. The van der Waals surface area contributed by atoms with Gasteiger partial charge >= 0.3 is 36.3 Å². The number of nitrogens with one attached hydrogen (secondary N) is 3. The first kappa shape index (κ1) is 66.1. The highest BCUT2D eigenvalue weighted by Crippen LogP contribution is 2.46. The summed E-state index contributed by atoms with van der Waals surface area (Å²) in [4.78, 5) is 48.3. The van der Waals surface area contributed by atoms with Crippen molar-refractivity contribution in [2.45, 2.75) is 151 Å². The van der Waals surface area contributed by atoms with E-state index in [1.54, 1.807) is 18.7 Å². The van der Waals surface area contributed by atoms with Crippen LogP contribution in [0, 0.1) is 13.8 Å². The summed E-state index contributed by atoms with van der Waals surface area (Å²) >= 11 is 5.35. The highest BCUT2D eigenvalue weighted by molar-refractivity contribution is 6.16.